The van der Waals surface area contributed by atoms with E-state index in [1.165, 1.54) is 0 Å². The van der Waals surface area contributed by atoms with Crippen molar-refractivity contribution >= 4 is 11.9 Å². The minimum Gasteiger partial charge on any atom is -0.461 e. The van der Waals surface area contributed by atoms with Crippen molar-refractivity contribution in [2.75, 3.05) is 28.2 Å². The molecule has 0 rings (SSSR count). The van der Waals surface area contributed by atoms with Gasteiger partial charge in [0.1, 0.15) is 12.1 Å². The Morgan fingerprint density at radius 1 is 0.773 bits per heavy atom. The van der Waals surface area contributed by atoms with E-state index in [4.69, 9.17) is 9.47 Å². The molecule has 0 saturated carbocycles. The maximum atomic E-state index is 12.5. The predicted molar refractivity (Wildman–Crippen MR) is 86.6 cm³/mol. The van der Waals surface area contributed by atoms with Crippen molar-refractivity contribution in [2.45, 2.75) is 64.8 Å². The van der Waals surface area contributed by atoms with Crippen LogP contribution in [-0.2, 0) is 19.1 Å². The Morgan fingerprint density at radius 2 is 1.05 bits per heavy atom. The molecule has 0 saturated heterocycles. The van der Waals surface area contributed by atoms with Crippen LogP contribution in [-0.4, -0.2) is 74.2 Å². The van der Waals surface area contributed by atoms with E-state index < -0.39 is 24.0 Å². The first kappa shape index (κ1) is 20.9. The van der Waals surface area contributed by atoms with E-state index >= 15 is 0 Å². The summed E-state index contributed by atoms with van der Waals surface area (Å²) < 4.78 is 10.8. The van der Waals surface area contributed by atoms with Gasteiger partial charge in [-0.25, -0.2) is 0 Å². The molecule has 0 amide bonds. The van der Waals surface area contributed by atoms with Crippen LogP contribution in [0.4, 0.5) is 0 Å². The molecule has 0 N–H and O–H groups in total. The lowest BCUT2D eigenvalue weighted by atomic mass is 10.1. The highest BCUT2D eigenvalue weighted by Gasteiger charge is 2.40. The van der Waals surface area contributed by atoms with Crippen LogP contribution in [0.15, 0.2) is 0 Å². The van der Waals surface area contributed by atoms with E-state index in [2.05, 4.69) is 0 Å². The van der Waals surface area contributed by atoms with E-state index in [0.717, 1.165) is 12.8 Å². The molecule has 4 unspecified atom stereocenters. The molecule has 0 aliphatic heterocycles. The fourth-order valence-electron chi connectivity index (χ4n) is 1.95. The second-order valence-electron chi connectivity index (χ2n) is 6.13. The first-order chi connectivity index (χ1) is 10.1. The third-order valence-corrected chi connectivity index (χ3v) is 3.68. The van der Waals surface area contributed by atoms with Crippen molar-refractivity contribution < 1.29 is 19.1 Å². The quantitative estimate of drug-likeness (QED) is 0.601. The summed E-state index contributed by atoms with van der Waals surface area (Å²) in [6.45, 7) is 7.58. The molecule has 0 bridgehead atoms. The molecule has 6 nitrogen and oxygen atoms in total. The van der Waals surface area contributed by atoms with Crippen LogP contribution in [0.5, 0.6) is 0 Å². The van der Waals surface area contributed by atoms with Crippen LogP contribution in [0.2, 0.25) is 0 Å². The summed E-state index contributed by atoms with van der Waals surface area (Å²) in [6.07, 6.45) is 1.11. The first-order valence-electron chi connectivity index (χ1n) is 7.89. The minimum atomic E-state index is -0.708. The normalized spacial score (nSPS) is 17.0. The van der Waals surface area contributed by atoms with Crippen molar-refractivity contribution in [3.63, 3.8) is 0 Å². The Bertz CT molecular complexity index is 324. The molecular formula is C16H32N2O4. The molecule has 6 heteroatoms. The van der Waals surface area contributed by atoms with Gasteiger partial charge in [0, 0.05) is 0 Å². The third kappa shape index (κ3) is 6.32. The van der Waals surface area contributed by atoms with Gasteiger partial charge in [0.2, 0.25) is 0 Å². The predicted octanol–water partition coefficient (Wildman–Crippen LogP) is 1.53. The van der Waals surface area contributed by atoms with Gasteiger partial charge in [-0.2, -0.15) is 0 Å². The second kappa shape index (κ2) is 9.79. The van der Waals surface area contributed by atoms with Crippen molar-refractivity contribution in [3.05, 3.63) is 0 Å². The number of ether oxygens (including phenoxy) is 2. The van der Waals surface area contributed by atoms with Gasteiger partial charge in [-0.3, -0.25) is 19.4 Å². The number of nitrogens with zero attached hydrogens (tertiary/aromatic N) is 2. The summed E-state index contributed by atoms with van der Waals surface area (Å²) in [5.74, 6) is -0.807. The zero-order valence-corrected chi connectivity index (χ0v) is 15.3. The van der Waals surface area contributed by atoms with Crippen LogP contribution in [0.25, 0.3) is 0 Å². The molecule has 0 fully saturated rings. The van der Waals surface area contributed by atoms with Gasteiger partial charge in [0.05, 0.1) is 12.2 Å². The Balaban J connectivity index is 5.27. The molecule has 0 aromatic heterocycles. The van der Waals surface area contributed by atoms with E-state index in [1.54, 1.807) is 38.0 Å². The topological polar surface area (TPSA) is 59.1 Å². The fraction of sp³-hybridized carbons (Fsp3) is 0.875. The van der Waals surface area contributed by atoms with Crippen LogP contribution in [0, 0.1) is 0 Å². The molecule has 4 atom stereocenters. The van der Waals surface area contributed by atoms with Crippen LogP contribution in [0.3, 0.4) is 0 Å². The SMILES string of the molecule is CCC(C)OC(=O)C(C(C(=O)OC(C)CC)N(C)C)N(C)C. The lowest BCUT2D eigenvalue weighted by Gasteiger charge is -2.34. The average molecular weight is 316 g/mol. The summed E-state index contributed by atoms with van der Waals surface area (Å²) >= 11 is 0. The molecule has 0 aliphatic carbocycles. The van der Waals surface area contributed by atoms with Gasteiger partial charge in [0.15, 0.2) is 0 Å². The lowest BCUT2D eigenvalue weighted by molar-refractivity contribution is -0.167. The fourth-order valence-corrected chi connectivity index (χ4v) is 1.95. The number of hydrogen-bond donors (Lipinski definition) is 0. The van der Waals surface area contributed by atoms with Crippen LogP contribution < -0.4 is 0 Å². The Labute approximate surface area is 134 Å². The van der Waals surface area contributed by atoms with E-state index in [9.17, 15) is 9.59 Å². The maximum Gasteiger partial charge on any atom is 0.325 e. The van der Waals surface area contributed by atoms with Crippen molar-refractivity contribution in [3.8, 4) is 0 Å². The zero-order chi connectivity index (χ0) is 17.4. The highest BCUT2D eigenvalue weighted by molar-refractivity contribution is 5.87. The minimum absolute atomic E-state index is 0.177. The summed E-state index contributed by atoms with van der Waals surface area (Å²) in [4.78, 5) is 28.3. The zero-order valence-electron chi connectivity index (χ0n) is 15.3. The Morgan fingerprint density at radius 3 is 1.23 bits per heavy atom. The molecule has 0 aliphatic rings. The highest BCUT2D eigenvalue weighted by atomic mass is 16.6. The summed E-state index contributed by atoms with van der Waals surface area (Å²) in [6, 6.07) is -1.42. The van der Waals surface area contributed by atoms with Crippen LogP contribution in [0.1, 0.15) is 40.5 Å². The number of carbonyl (C=O) groups is 2. The molecule has 130 valence electrons. The summed E-state index contributed by atoms with van der Waals surface area (Å²) in [5, 5.41) is 0. The lowest BCUT2D eigenvalue weighted by Crippen LogP contribution is -2.57. The highest BCUT2D eigenvalue weighted by Crippen LogP contribution is 2.14. The Hall–Kier alpha value is -1.14. The van der Waals surface area contributed by atoms with Gasteiger partial charge < -0.3 is 9.47 Å². The second-order valence-corrected chi connectivity index (χ2v) is 6.13. The van der Waals surface area contributed by atoms with Gasteiger partial charge in [-0.1, -0.05) is 13.8 Å². The number of esters is 2. The third-order valence-electron chi connectivity index (χ3n) is 3.68. The smallest absolute Gasteiger partial charge is 0.325 e. The van der Waals surface area contributed by atoms with E-state index in [0.29, 0.717) is 0 Å². The molecule has 0 heterocycles. The van der Waals surface area contributed by atoms with Crippen LogP contribution >= 0.6 is 0 Å². The van der Waals surface area contributed by atoms with E-state index in [-0.39, 0.29) is 12.2 Å². The summed E-state index contributed by atoms with van der Waals surface area (Å²) in [7, 11) is 7.04. The van der Waals surface area contributed by atoms with Crippen molar-refractivity contribution in [2.24, 2.45) is 0 Å². The van der Waals surface area contributed by atoms with Gasteiger partial charge in [-0.15, -0.1) is 0 Å². The molecule has 0 spiro atoms. The molecule has 0 aromatic carbocycles. The van der Waals surface area contributed by atoms with Crippen molar-refractivity contribution in [1.82, 2.24) is 9.80 Å². The van der Waals surface area contributed by atoms with E-state index in [1.807, 2.05) is 27.7 Å². The number of hydrogen-bond acceptors (Lipinski definition) is 6. The molecule has 0 radical (unpaired) electrons. The van der Waals surface area contributed by atoms with Gasteiger partial charge in [-0.05, 0) is 54.9 Å². The number of carbonyl (C=O) groups excluding carboxylic acids is 2. The largest absolute Gasteiger partial charge is 0.461 e. The standard InChI is InChI=1S/C16H32N2O4/c1-9-11(3)21-15(19)13(17(5)6)14(18(7)8)16(20)22-12(4)10-2/h11-14H,9-10H2,1-8H3. The maximum absolute atomic E-state index is 12.5. The number of likely N-dealkylation sites (N-methyl/N-ethyl adjacent to an activating group) is 2. The van der Waals surface area contributed by atoms with Gasteiger partial charge in [0.25, 0.3) is 0 Å². The first-order valence-corrected chi connectivity index (χ1v) is 7.89. The van der Waals surface area contributed by atoms with Gasteiger partial charge >= 0.3 is 11.9 Å². The Kier molecular flexibility index (Phi) is 9.28. The molecule has 0 aromatic rings. The monoisotopic (exact) mass is 316 g/mol. The molecule has 22 heavy (non-hydrogen) atoms. The average Bonchev–Trinajstić information content (AvgIpc) is 2.42. The van der Waals surface area contributed by atoms with Crippen molar-refractivity contribution in [1.29, 1.82) is 0 Å². The summed E-state index contributed by atoms with van der Waals surface area (Å²) in [5.41, 5.74) is 0. The molecular weight excluding hydrogens is 284 g/mol. The number of rotatable bonds is 9.